The van der Waals surface area contributed by atoms with E-state index in [1.54, 1.807) is 13.0 Å². The third-order valence-corrected chi connectivity index (χ3v) is 0.790. The van der Waals surface area contributed by atoms with Crippen LogP contribution in [0.15, 0.2) is 37.5 Å². The molecule has 0 aromatic carbocycles. The second kappa shape index (κ2) is 18.7. The summed E-state index contributed by atoms with van der Waals surface area (Å²) in [6.45, 7) is 10.4. The number of carboxylic acid groups (broad SMARTS) is 1. The van der Waals surface area contributed by atoms with Crippen molar-refractivity contribution in [2.24, 2.45) is 5.73 Å². The summed E-state index contributed by atoms with van der Waals surface area (Å²) in [5.41, 5.74) is 4.54. The molecular formula is C11H19NO4. The number of nitrogens with two attached hydrogens (primary N) is 1. The van der Waals surface area contributed by atoms with Crippen LogP contribution in [0.25, 0.3) is 0 Å². The second-order valence-corrected chi connectivity index (χ2v) is 2.06. The van der Waals surface area contributed by atoms with Crippen molar-refractivity contribution in [2.75, 3.05) is 6.61 Å². The van der Waals surface area contributed by atoms with E-state index in [0.717, 1.165) is 6.08 Å². The van der Waals surface area contributed by atoms with E-state index in [1.807, 2.05) is 19.1 Å². The fourth-order valence-corrected chi connectivity index (χ4v) is 0.278. The number of rotatable bonds is 3. The molecule has 0 heterocycles. The Balaban J connectivity index is -0.000000160. The number of hydrogen-bond donors (Lipinski definition) is 2. The Morgan fingerprint density at radius 2 is 1.88 bits per heavy atom. The molecule has 0 unspecified atom stereocenters. The van der Waals surface area contributed by atoms with Gasteiger partial charge < -0.3 is 15.6 Å². The van der Waals surface area contributed by atoms with Crippen molar-refractivity contribution in [3.63, 3.8) is 0 Å². The minimum atomic E-state index is -0.981. The van der Waals surface area contributed by atoms with Gasteiger partial charge in [0.25, 0.3) is 0 Å². The molecule has 0 saturated carbocycles. The standard InChI is InChI=1S/C5H8.C3H7NO2.C3H4O2/c1-3-5-4-2;1-2-6-3(4)5;1-2-3(4)5/h3-5H,1H2,2H3;2H2,1H3,(H2,4,5);2H,1H2,(H,4,5). The van der Waals surface area contributed by atoms with Gasteiger partial charge in [-0.3, -0.25) is 0 Å². The van der Waals surface area contributed by atoms with Gasteiger partial charge >= 0.3 is 12.1 Å². The summed E-state index contributed by atoms with van der Waals surface area (Å²) in [7, 11) is 0. The normalized spacial score (nSPS) is 7.62. The first kappa shape index (κ1) is 19.5. The van der Waals surface area contributed by atoms with Crippen LogP contribution >= 0.6 is 0 Å². The zero-order valence-electron chi connectivity index (χ0n) is 9.68. The minimum Gasteiger partial charge on any atom is -0.478 e. The summed E-state index contributed by atoms with van der Waals surface area (Å²) >= 11 is 0. The van der Waals surface area contributed by atoms with E-state index in [1.165, 1.54) is 0 Å². The zero-order chi connectivity index (χ0) is 13.4. The van der Waals surface area contributed by atoms with Gasteiger partial charge in [0.2, 0.25) is 0 Å². The Bertz CT molecular complexity index is 234. The molecule has 0 spiro atoms. The van der Waals surface area contributed by atoms with E-state index in [2.05, 4.69) is 23.6 Å². The van der Waals surface area contributed by atoms with E-state index >= 15 is 0 Å². The molecule has 0 aliphatic rings. The molecule has 0 aromatic rings. The molecular weight excluding hydrogens is 210 g/mol. The molecule has 0 aliphatic carbocycles. The van der Waals surface area contributed by atoms with Crippen LogP contribution in [0.4, 0.5) is 4.79 Å². The number of primary amides is 1. The average molecular weight is 229 g/mol. The third kappa shape index (κ3) is 58.4. The first-order valence-electron chi connectivity index (χ1n) is 4.47. The van der Waals surface area contributed by atoms with Crippen LogP contribution in [0.2, 0.25) is 0 Å². The summed E-state index contributed by atoms with van der Waals surface area (Å²) in [5.74, 6) is -0.981. The maximum atomic E-state index is 9.60. The average Bonchev–Trinajstić information content (AvgIpc) is 2.20. The van der Waals surface area contributed by atoms with E-state index < -0.39 is 12.1 Å². The van der Waals surface area contributed by atoms with Crippen LogP contribution in [0.5, 0.6) is 0 Å². The van der Waals surface area contributed by atoms with Crippen LogP contribution in [0.1, 0.15) is 13.8 Å². The van der Waals surface area contributed by atoms with Crippen molar-refractivity contribution in [3.8, 4) is 0 Å². The lowest BCUT2D eigenvalue weighted by Crippen LogP contribution is -2.11. The number of amides is 1. The predicted octanol–water partition coefficient (Wildman–Crippen LogP) is 2.11. The number of aliphatic carboxylic acids is 1. The SMILES string of the molecule is C=CC(=O)O.C=CC=CC.CCOC(N)=O. The summed E-state index contributed by atoms with van der Waals surface area (Å²) in [4.78, 5) is 18.8. The number of carboxylic acids is 1. The van der Waals surface area contributed by atoms with E-state index in [9.17, 15) is 9.59 Å². The topological polar surface area (TPSA) is 89.6 Å². The highest BCUT2D eigenvalue weighted by Gasteiger charge is 1.82. The molecule has 0 radical (unpaired) electrons. The molecule has 0 aromatic heterocycles. The minimum absolute atomic E-state index is 0.356. The predicted molar refractivity (Wildman–Crippen MR) is 64.1 cm³/mol. The van der Waals surface area contributed by atoms with Crippen molar-refractivity contribution in [1.82, 2.24) is 0 Å². The van der Waals surface area contributed by atoms with Crippen LogP contribution < -0.4 is 5.73 Å². The van der Waals surface area contributed by atoms with Crippen molar-refractivity contribution in [3.05, 3.63) is 37.5 Å². The Hall–Kier alpha value is -2.04. The van der Waals surface area contributed by atoms with Crippen LogP contribution in [0.3, 0.4) is 0 Å². The first-order valence-corrected chi connectivity index (χ1v) is 4.47. The molecule has 5 heteroatoms. The van der Waals surface area contributed by atoms with E-state index in [0.29, 0.717) is 6.61 Å². The molecule has 16 heavy (non-hydrogen) atoms. The smallest absolute Gasteiger partial charge is 0.404 e. The molecule has 5 nitrogen and oxygen atoms in total. The molecule has 0 atom stereocenters. The van der Waals surface area contributed by atoms with Crippen LogP contribution in [-0.2, 0) is 9.53 Å². The number of hydrogen-bond acceptors (Lipinski definition) is 3. The Morgan fingerprint density at radius 3 is 1.88 bits per heavy atom. The summed E-state index contributed by atoms with van der Waals surface area (Å²) in [5, 5.41) is 7.60. The highest BCUT2D eigenvalue weighted by molar-refractivity contribution is 5.78. The summed E-state index contributed by atoms with van der Waals surface area (Å²) in [6.07, 6.45) is 5.70. The third-order valence-electron chi connectivity index (χ3n) is 0.790. The lowest BCUT2D eigenvalue weighted by molar-refractivity contribution is -0.131. The monoisotopic (exact) mass is 229 g/mol. The van der Waals surface area contributed by atoms with E-state index in [-0.39, 0.29) is 0 Å². The Morgan fingerprint density at radius 1 is 1.44 bits per heavy atom. The zero-order valence-corrected chi connectivity index (χ0v) is 9.68. The summed E-state index contributed by atoms with van der Waals surface area (Å²) < 4.78 is 4.18. The van der Waals surface area contributed by atoms with Crippen LogP contribution in [0, 0.1) is 0 Å². The molecule has 0 fully saturated rings. The highest BCUT2D eigenvalue weighted by atomic mass is 16.5. The van der Waals surface area contributed by atoms with Gasteiger partial charge in [-0.25, -0.2) is 9.59 Å². The van der Waals surface area contributed by atoms with E-state index in [4.69, 9.17) is 5.11 Å². The van der Waals surface area contributed by atoms with Gasteiger partial charge in [-0.2, -0.15) is 0 Å². The lowest BCUT2D eigenvalue weighted by Gasteiger charge is -1.89. The maximum Gasteiger partial charge on any atom is 0.404 e. The number of allylic oxidation sites excluding steroid dienone is 3. The Kier molecular flexibility index (Phi) is 22.8. The van der Waals surface area contributed by atoms with Crippen LogP contribution in [-0.4, -0.2) is 23.8 Å². The van der Waals surface area contributed by atoms with Gasteiger partial charge in [-0.15, -0.1) is 0 Å². The number of carbonyl (C=O) groups is 2. The number of ether oxygens (including phenoxy) is 1. The fourth-order valence-electron chi connectivity index (χ4n) is 0.278. The molecule has 92 valence electrons. The van der Waals surface area contributed by atoms with Gasteiger partial charge in [0.1, 0.15) is 0 Å². The first-order chi connectivity index (χ1) is 7.45. The van der Waals surface area contributed by atoms with Gasteiger partial charge in [0, 0.05) is 6.08 Å². The van der Waals surface area contributed by atoms with Gasteiger partial charge in [0.05, 0.1) is 6.61 Å². The lowest BCUT2D eigenvalue weighted by atomic mass is 10.5. The van der Waals surface area contributed by atoms with Gasteiger partial charge in [0.15, 0.2) is 0 Å². The molecule has 1 amide bonds. The number of carbonyl (C=O) groups excluding carboxylic acids is 1. The fraction of sp³-hybridized carbons (Fsp3) is 0.273. The van der Waals surface area contributed by atoms with Crippen molar-refractivity contribution in [1.29, 1.82) is 0 Å². The highest BCUT2D eigenvalue weighted by Crippen LogP contribution is 1.66. The molecule has 0 saturated heterocycles. The molecule has 3 N–H and O–H groups in total. The van der Waals surface area contributed by atoms with Crippen molar-refractivity contribution < 1.29 is 19.4 Å². The Labute approximate surface area is 95.9 Å². The van der Waals surface area contributed by atoms with Crippen molar-refractivity contribution >= 4 is 12.1 Å². The molecule has 0 bridgehead atoms. The molecule has 0 aliphatic heterocycles. The molecule has 0 rings (SSSR count). The maximum absolute atomic E-state index is 9.60. The summed E-state index contributed by atoms with van der Waals surface area (Å²) in [6, 6.07) is 0. The quantitative estimate of drug-likeness (QED) is 0.573. The van der Waals surface area contributed by atoms with Gasteiger partial charge in [-0.05, 0) is 13.8 Å². The second-order valence-electron chi connectivity index (χ2n) is 2.06. The largest absolute Gasteiger partial charge is 0.478 e. The van der Waals surface area contributed by atoms with Crippen molar-refractivity contribution in [2.45, 2.75) is 13.8 Å². The van der Waals surface area contributed by atoms with Gasteiger partial charge in [-0.1, -0.05) is 31.4 Å².